The third-order valence-corrected chi connectivity index (χ3v) is 3.47. The lowest BCUT2D eigenvalue weighted by atomic mass is 9.61. The highest BCUT2D eigenvalue weighted by Gasteiger charge is 2.42. The van der Waals surface area contributed by atoms with Crippen LogP contribution in [0.1, 0.15) is 25.7 Å². The first kappa shape index (κ1) is 5.99. The lowest BCUT2D eigenvalue weighted by molar-refractivity contribution is -0.130. The second-order valence-corrected chi connectivity index (χ2v) is 4.28. The summed E-state index contributed by atoms with van der Waals surface area (Å²) in [6.07, 6.45) is 7.02. The summed E-state index contributed by atoms with van der Waals surface area (Å²) in [5.41, 5.74) is 1.59. The van der Waals surface area contributed by atoms with Gasteiger partial charge in [-0.3, -0.25) is 4.79 Å². The summed E-state index contributed by atoms with van der Waals surface area (Å²) in [5, 5.41) is 0. The smallest absolute Gasteiger partial charge is 0.143 e. The van der Waals surface area contributed by atoms with Crippen molar-refractivity contribution in [3.8, 4) is 0 Å². The Labute approximate surface area is 66.5 Å². The molecule has 0 amide bonds. The normalized spacial score (nSPS) is 46.4. The summed E-state index contributed by atoms with van der Waals surface area (Å²) in [5.74, 6) is 2.20. The molecule has 2 fully saturated rings. The zero-order chi connectivity index (χ0) is 7.42. The maximum atomic E-state index is 11.5. The highest BCUT2D eigenvalue weighted by Crippen LogP contribution is 2.48. The maximum Gasteiger partial charge on any atom is 0.143 e. The first-order valence-corrected chi connectivity index (χ1v) is 4.56. The fraction of sp³-hybridized carbons (Fsp3) is 0.700. The molecule has 1 nitrogen and oxygen atoms in total. The summed E-state index contributed by atoms with van der Waals surface area (Å²) < 4.78 is 0. The summed E-state index contributed by atoms with van der Waals surface area (Å²) in [7, 11) is 0. The van der Waals surface area contributed by atoms with Crippen LogP contribution < -0.4 is 0 Å². The molecule has 0 saturated heterocycles. The number of rotatable bonds is 0. The van der Waals surface area contributed by atoms with Crippen LogP contribution in [0, 0.1) is 17.8 Å². The van der Waals surface area contributed by atoms with E-state index in [0.717, 1.165) is 12.3 Å². The van der Waals surface area contributed by atoms with E-state index in [2.05, 4.69) is 6.08 Å². The minimum atomic E-state index is 0.344. The molecule has 4 bridgehead atoms. The van der Waals surface area contributed by atoms with Crippen molar-refractivity contribution in [2.75, 3.05) is 0 Å². The quantitative estimate of drug-likeness (QED) is 0.480. The molecule has 4 rings (SSSR count). The van der Waals surface area contributed by atoms with Crippen molar-refractivity contribution in [1.82, 2.24) is 0 Å². The van der Waals surface area contributed by atoms with Crippen molar-refractivity contribution < 1.29 is 4.79 Å². The molecule has 3 unspecified atom stereocenters. The van der Waals surface area contributed by atoms with E-state index in [1.165, 1.54) is 19.3 Å². The first-order chi connectivity index (χ1) is 5.33. The predicted octanol–water partition coefficient (Wildman–Crippen LogP) is 1.93. The molecule has 58 valence electrons. The van der Waals surface area contributed by atoms with E-state index in [-0.39, 0.29) is 0 Å². The van der Waals surface area contributed by atoms with Crippen LogP contribution in [0.25, 0.3) is 0 Å². The largest absolute Gasteiger partial charge is 0.299 e. The SMILES string of the molecule is O=C1C2C=C3CC(C2)CC1C3. The Hall–Kier alpha value is -0.590. The van der Waals surface area contributed by atoms with Crippen LogP contribution in [0.15, 0.2) is 11.6 Å². The second kappa shape index (κ2) is 1.77. The molecular formula is C10H12O. The van der Waals surface area contributed by atoms with Crippen molar-refractivity contribution >= 4 is 5.78 Å². The van der Waals surface area contributed by atoms with Crippen LogP contribution in [0.3, 0.4) is 0 Å². The molecule has 0 aliphatic heterocycles. The third kappa shape index (κ3) is 0.688. The molecule has 3 atom stereocenters. The minimum absolute atomic E-state index is 0.344. The zero-order valence-corrected chi connectivity index (χ0v) is 6.55. The van der Waals surface area contributed by atoms with Gasteiger partial charge in [0.05, 0.1) is 0 Å². The van der Waals surface area contributed by atoms with Crippen molar-refractivity contribution in [2.24, 2.45) is 17.8 Å². The Morgan fingerprint density at radius 2 is 2.18 bits per heavy atom. The summed E-state index contributed by atoms with van der Waals surface area (Å²) in [6.45, 7) is 0. The summed E-state index contributed by atoms with van der Waals surface area (Å²) in [4.78, 5) is 11.5. The van der Waals surface area contributed by atoms with E-state index in [4.69, 9.17) is 0 Å². The van der Waals surface area contributed by atoms with Crippen LogP contribution in [-0.4, -0.2) is 5.78 Å². The molecule has 0 N–H and O–H groups in total. The standard InChI is InChI=1S/C10H12O/c11-10-8-2-6-1-7(4-8)5-9(10)3-6/h2,7-9H,1,3-5H2. The fourth-order valence-corrected chi connectivity index (χ4v) is 3.08. The highest BCUT2D eigenvalue weighted by molar-refractivity contribution is 5.87. The van der Waals surface area contributed by atoms with Gasteiger partial charge in [0.25, 0.3) is 0 Å². The predicted molar refractivity (Wildman–Crippen MR) is 42.0 cm³/mol. The Morgan fingerprint density at radius 1 is 1.27 bits per heavy atom. The van der Waals surface area contributed by atoms with E-state index < -0.39 is 0 Å². The van der Waals surface area contributed by atoms with Gasteiger partial charge in [0.15, 0.2) is 0 Å². The van der Waals surface area contributed by atoms with Crippen molar-refractivity contribution in [2.45, 2.75) is 25.7 Å². The van der Waals surface area contributed by atoms with Gasteiger partial charge in [0.1, 0.15) is 5.78 Å². The van der Waals surface area contributed by atoms with Crippen LogP contribution in [0.2, 0.25) is 0 Å². The van der Waals surface area contributed by atoms with Crippen LogP contribution >= 0.6 is 0 Å². The summed E-state index contributed by atoms with van der Waals surface area (Å²) in [6, 6.07) is 0. The van der Waals surface area contributed by atoms with E-state index in [1.807, 2.05) is 0 Å². The van der Waals surface area contributed by atoms with Crippen LogP contribution in [0.5, 0.6) is 0 Å². The van der Waals surface area contributed by atoms with Gasteiger partial charge in [-0.2, -0.15) is 0 Å². The molecule has 0 aromatic heterocycles. The summed E-state index contributed by atoms with van der Waals surface area (Å²) >= 11 is 0. The first-order valence-electron chi connectivity index (χ1n) is 4.56. The number of Topliss-reactive ketones (excluding diaryl/α,β-unsaturated/α-hetero) is 1. The second-order valence-electron chi connectivity index (χ2n) is 4.28. The molecule has 0 aromatic rings. The van der Waals surface area contributed by atoms with Crippen molar-refractivity contribution in [3.63, 3.8) is 0 Å². The molecule has 4 aliphatic rings. The zero-order valence-electron chi connectivity index (χ0n) is 6.55. The average molecular weight is 148 g/mol. The van der Waals surface area contributed by atoms with Crippen molar-refractivity contribution in [1.29, 1.82) is 0 Å². The Balaban J connectivity index is 2.10. The molecule has 0 aromatic carbocycles. The minimum Gasteiger partial charge on any atom is -0.299 e. The van der Waals surface area contributed by atoms with E-state index in [0.29, 0.717) is 17.6 Å². The van der Waals surface area contributed by atoms with Gasteiger partial charge < -0.3 is 0 Å². The van der Waals surface area contributed by atoms with E-state index in [1.54, 1.807) is 5.57 Å². The van der Waals surface area contributed by atoms with Crippen LogP contribution in [-0.2, 0) is 4.79 Å². The fourth-order valence-electron chi connectivity index (χ4n) is 3.08. The van der Waals surface area contributed by atoms with Gasteiger partial charge in [-0.25, -0.2) is 0 Å². The average Bonchev–Trinajstić information content (AvgIpc) is 1.98. The molecule has 0 spiro atoms. The number of carbonyl (C=O) groups excluding carboxylic acids is 1. The number of hydrogen-bond donors (Lipinski definition) is 0. The number of allylic oxidation sites excluding steroid dienone is 2. The number of hydrogen-bond acceptors (Lipinski definition) is 1. The van der Waals surface area contributed by atoms with E-state index in [9.17, 15) is 4.79 Å². The maximum absolute atomic E-state index is 11.5. The van der Waals surface area contributed by atoms with Crippen molar-refractivity contribution in [3.05, 3.63) is 11.6 Å². The number of ketones is 1. The molecule has 4 aliphatic carbocycles. The van der Waals surface area contributed by atoms with Gasteiger partial charge >= 0.3 is 0 Å². The molecule has 0 heterocycles. The highest BCUT2D eigenvalue weighted by atomic mass is 16.1. The lowest BCUT2D eigenvalue weighted by Gasteiger charge is -2.43. The van der Waals surface area contributed by atoms with Gasteiger partial charge in [0, 0.05) is 11.8 Å². The Morgan fingerprint density at radius 3 is 2.91 bits per heavy atom. The molecule has 1 heteroatoms. The molecule has 0 radical (unpaired) electrons. The van der Waals surface area contributed by atoms with Gasteiger partial charge in [0.2, 0.25) is 0 Å². The molecular weight excluding hydrogens is 136 g/mol. The van der Waals surface area contributed by atoms with Gasteiger partial charge in [-0.1, -0.05) is 11.6 Å². The topological polar surface area (TPSA) is 17.1 Å². The monoisotopic (exact) mass is 148 g/mol. The van der Waals surface area contributed by atoms with E-state index >= 15 is 0 Å². The van der Waals surface area contributed by atoms with Gasteiger partial charge in [-0.05, 0) is 31.6 Å². The molecule has 11 heavy (non-hydrogen) atoms. The molecule has 2 saturated carbocycles. The lowest BCUT2D eigenvalue weighted by Crippen LogP contribution is -2.39. The third-order valence-electron chi connectivity index (χ3n) is 3.47. The Bertz CT molecular complexity index is 252. The van der Waals surface area contributed by atoms with Crippen LogP contribution in [0.4, 0.5) is 0 Å². The van der Waals surface area contributed by atoms with Gasteiger partial charge in [-0.15, -0.1) is 0 Å². The Kier molecular flexibility index (Phi) is 0.961. The number of carbonyl (C=O) groups is 1.